The predicted octanol–water partition coefficient (Wildman–Crippen LogP) is 4.93. The van der Waals surface area contributed by atoms with Crippen molar-refractivity contribution in [3.8, 4) is 0 Å². The lowest BCUT2D eigenvalue weighted by Gasteiger charge is -2.19. The molecule has 0 bridgehead atoms. The number of rotatable bonds is 9. The van der Waals surface area contributed by atoms with Crippen molar-refractivity contribution >= 4 is 75.7 Å². The van der Waals surface area contributed by atoms with Gasteiger partial charge in [0.15, 0.2) is 9.93 Å². The molecule has 4 N–H and O–H groups in total. The number of aromatic nitrogens is 4. The number of carbonyl (C=O) groups excluding carboxylic acids is 2. The van der Waals surface area contributed by atoms with Crippen LogP contribution in [0.3, 0.4) is 0 Å². The van der Waals surface area contributed by atoms with E-state index in [0.29, 0.717) is 22.2 Å². The predicted molar refractivity (Wildman–Crippen MR) is 185 cm³/mol. The smallest absolute Gasteiger partial charge is 0.303 e. The minimum atomic E-state index is -4.74. The maximum atomic E-state index is 12.7. The van der Waals surface area contributed by atoms with Crippen LogP contribution >= 0.6 is 38.3 Å². The quantitative estimate of drug-likeness (QED) is 0.113. The van der Waals surface area contributed by atoms with Gasteiger partial charge in [-0.15, -0.1) is 0 Å². The van der Waals surface area contributed by atoms with Crippen LogP contribution in [-0.2, 0) is 24.9 Å². The van der Waals surface area contributed by atoms with E-state index in [1.165, 1.54) is 27.2 Å². The summed E-state index contributed by atoms with van der Waals surface area (Å²) in [6.07, 6.45) is 3.13. The van der Waals surface area contributed by atoms with Crippen LogP contribution in [-0.4, -0.2) is 57.6 Å². The van der Waals surface area contributed by atoms with Gasteiger partial charge in [-0.25, -0.2) is 14.1 Å². The topological polar surface area (TPSA) is 227 Å². The number of hydrogen-bond acceptors (Lipinski definition) is 11. The Bertz CT molecular complexity index is 2320. The molecule has 4 aromatic heterocycles. The second-order valence-electron chi connectivity index (χ2n) is 10.3. The zero-order chi connectivity index (χ0) is 36.1. The molecule has 2 aromatic carbocycles. The minimum absolute atomic E-state index is 0.268. The highest BCUT2D eigenvalue weighted by molar-refractivity contribution is 7.46. The maximum absolute atomic E-state index is 12.7. The fourth-order valence-corrected chi connectivity index (χ4v) is 6.88. The molecule has 0 saturated carbocycles. The highest BCUT2D eigenvalue weighted by Gasteiger charge is 2.25. The first kappa shape index (κ1) is 36.9. The SMILES string of the molecule is Cc1cc2sc(=NC(=O)c3ccccc3)n(COP(=O)(O)O)c2cn1.Cc1cc2sc(N(COP(=O)(O)O)C(=O)c3ccccc3)nc2cn1. The van der Waals surface area contributed by atoms with E-state index >= 15 is 0 Å². The number of thiazole rings is 2. The average Bonchev–Trinajstić information content (AvgIpc) is 3.63. The minimum Gasteiger partial charge on any atom is -0.303 e. The van der Waals surface area contributed by atoms with Crippen molar-refractivity contribution in [2.45, 2.75) is 20.6 Å². The van der Waals surface area contributed by atoms with Gasteiger partial charge in [0.05, 0.1) is 27.3 Å². The average molecular weight is 759 g/mol. The summed E-state index contributed by atoms with van der Waals surface area (Å²) in [4.78, 5) is 79.0. The summed E-state index contributed by atoms with van der Waals surface area (Å²) in [6, 6.07) is 20.5. The molecule has 50 heavy (non-hydrogen) atoms. The van der Waals surface area contributed by atoms with E-state index in [-0.39, 0.29) is 9.93 Å². The van der Waals surface area contributed by atoms with Crippen LogP contribution in [0.5, 0.6) is 0 Å². The lowest BCUT2D eigenvalue weighted by atomic mass is 10.2. The summed E-state index contributed by atoms with van der Waals surface area (Å²) in [5.74, 6) is -0.931. The summed E-state index contributed by atoms with van der Waals surface area (Å²) in [7, 11) is -9.41. The van der Waals surface area contributed by atoms with E-state index in [0.717, 1.165) is 25.7 Å². The molecular formula is C30H28N6O10P2S2. The van der Waals surface area contributed by atoms with Crippen LogP contribution in [0.2, 0.25) is 0 Å². The number of anilines is 1. The molecule has 0 saturated heterocycles. The molecule has 20 heteroatoms. The molecule has 0 fully saturated rings. The zero-order valence-electron chi connectivity index (χ0n) is 26.1. The highest BCUT2D eigenvalue weighted by Crippen LogP contribution is 2.38. The fourth-order valence-electron chi connectivity index (χ4n) is 4.24. The van der Waals surface area contributed by atoms with Crippen LogP contribution in [0.15, 0.2) is 90.2 Å². The van der Waals surface area contributed by atoms with E-state index < -0.39 is 40.9 Å². The molecule has 0 atom stereocenters. The Morgan fingerprint density at radius 3 is 2.02 bits per heavy atom. The maximum Gasteiger partial charge on any atom is 0.471 e. The van der Waals surface area contributed by atoms with E-state index in [2.05, 4.69) is 29.0 Å². The van der Waals surface area contributed by atoms with Crippen LogP contribution in [0.1, 0.15) is 32.1 Å². The monoisotopic (exact) mass is 758 g/mol. The molecule has 0 unspecified atom stereocenters. The molecule has 4 heterocycles. The number of benzene rings is 2. The number of fused-ring (bicyclic) bond motifs is 2. The van der Waals surface area contributed by atoms with Crippen LogP contribution in [0.25, 0.3) is 20.4 Å². The summed E-state index contributed by atoms with van der Waals surface area (Å²) in [5, 5.41) is 0.268. The van der Waals surface area contributed by atoms with Crippen molar-refractivity contribution in [2.24, 2.45) is 4.99 Å². The third-order valence-electron chi connectivity index (χ3n) is 6.53. The number of phosphoric ester groups is 2. The first-order valence-electron chi connectivity index (χ1n) is 14.3. The number of carbonyl (C=O) groups is 2. The highest BCUT2D eigenvalue weighted by atomic mass is 32.1. The van der Waals surface area contributed by atoms with Crippen LogP contribution in [0.4, 0.5) is 5.13 Å². The van der Waals surface area contributed by atoms with Gasteiger partial charge in [-0.1, -0.05) is 59.1 Å². The number of amides is 2. The number of aryl methyl sites for hydroxylation is 2. The normalized spacial score (nSPS) is 12.2. The van der Waals surface area contributed by atoms with E-state index in [4.69, 9.17) is 19.6 Å². The lowest BCUT2D eigenvalue weighted by Crippen LogP contribution is -2.32. The van der Waals surface area contributed by atoms with Gasteiger partial charge in [0.2, 0.25) is 0 Å². The van der Waals surface area contributed by atoms with Crippen LogP contribution < -0.4 is 9.70 Å². The molecule has 6 rings (SSSR count). The van der Waals surface area contributed by atoms with Gasteiger partial charge in [-0.3, -0.25) is 38.1 Å². The Morgan fingerprint density at radius 2 is 1.40 bits per heavy atom. The Balaban J connectivity index is 0.000000194. The lowest BCUT2D eigenvalue weighted by molar-refractivity contribution is 0.0953. The van der Waals surface area contributed by atoms with E-state index in [9.17, 15) is 18.7 Å². The van der Waals surface area contributed by atoms with Crippen molar-refractivity contribution in [3.63, 3.8) is 0 Å². The summed E-state index contributed by atoms with van der Waals surface area (Å²) >= 11 is 2.43. The van der Waals surface area contributed by atoms with Gasteiger partial charge < -0.3 is 19.6 Å². The molecule has 0 aliphatic heterocycles. The fraction of sp³-hybridized carbons (Fsp3) is 0.133. The third-order valence-corrected chi connectivity index (χ3v) is 9.52. The van der Waals surface area contributed by atoms with E-state index in [1.54, 1.807) is 79.1 Å². The second kappa shape index (κ2) is 15.7. The summed E-state index contributed by atoms with van der Waals surface area (Å²) < 4.78 is 34.2. The van der Waals surface area contributed by atoms with E-state index in [1.807, 2.05) is 19.9 Å². The third kappa shape index (κ3) is 9.89. The molecule has 0 radical (unpaired) electrons. The molecule has 2 amide bonds. The largest absolute Gasteiger partial charge is 0.471 e. The molecule has 0 spiro atoms. The molecule has 0 aliphatic carbocycles. The second-order valence-corrected chi connectivity index (χ2v) is 14.8. The Morgan fingerprint density at radius 1 is 0.820 bits per heavy atom. The summed E-state index contributed by atoms with van der Waals surface area (Å²) in [6.45, 7) is 2.59. The first-order chi connectivity index (χ1) is 23.7. The molecular weight excluding hydrogens is 730 g/mol. The van der Waals surface area contributed by atoms with Gasteiger partial charge in [0.25, 0.3) is 11.8 Å². The van der Waals surface area contributed by atoms with Gasteiger partial charge in [-0.05, 0) is 50.2 Å². The summed E-state index contributed by atoms with van der Waals surface area (Å²) in [5.41, 5.74) is 3.51. The van der Waals surface area contributed by atoms with Crippen molar-refractivity contribution in [1.29, 1.82) is 0 Å². The Labute approximate surface area is 291 Å². The number of hydrogen-bond donors (Lipinski definition) is 4. The molecule has 16 nitrogen and oxygen atoms in total. The van der Waals surface area contributed by atoms with Gasteiger partial charge >= 0.3 is 15.6 Å². The van der Waals surface area contributed by atoms with Gasteiger partial charge in [0.1, 0.15) is 19.0 Å². The van der Waals surface area contributed by atoms with Crippen molar-refractivity contribution in [1.82, 2.24) is 19.5 Å². The Kier molecular flexibility index (Phi) is 11.6. The molecule has 6 aromatic rings. The van der Waals surface area contributed by atoms with Crippen molar-refractivity contribution in [2.75, 3.05) is 11.6 Å². The van der Waals surface area contributed by atoms with Gasteiger partial charge in [0, 0.05) is 22.5 Å². The first-order valence-corrected chi connectivity index (χ1v) is 19.0. The standard InChI is InChI=1S/2C15H14N3O5PS/c1-10-7-13-12(8-16-10)18(9-23-24(20,21)22)15(25-13)17-14(19)11-5-3-2-4-6-11;1-10-7-13-12(8-16-10)17-15(25-13)18(9-23-24(20,21)22)14(19)11-5-3-2-4-6-11/h2*2-8H,9H2,1H3,(H2,20,21,22). The zero-order valence-corrected chi connectivity index (χ0v) is 29.6. The van der Waals surface area contributed by atoms with Crippen molar-refractivity contribution < 1.29 is 47.3 Å². The number of nitrogens with zero attached hydrogens (tertiary/aromatic N) is 6. The van der Waals surface area contributed by atoms with Crippen LogP contribution in [0, 0.1) is 13.8 Å². The number of pyridine rings is 2. The van der Waals surface area contributed by atoms with Crippen molar-refractivity contribution in [3.05, 3.63) is 113 Å². The number of phosphoric acid groups is 2. The van der Waals surface area contributed by atoms with Gasteiger partial charge in [-0.2, -0.15) is 4.99 Å². The Hall–Kier alpha value is -4.32. The molecule has 260 valence electrons. The molecule has 0 aliphatic rings.